The molecule has 2 aromatic rings. The molecule has 0 radical (unpaired) electrons. The van der Waals surface area contributed by atoms with Gasteiger partial charge < -0.3 is 4.52 Å². The van der Waals surface area contributed by atoms with Gasteiger partial charge in [-0.3, -0.25) is 4.72 Å². The molecule has 8 heteroatoms. The lowest BCUT2D eigenvalue weighted by molar-refractivity contribution is 0.390. The number of hydrogen-bond donors (Lipinski definition) is 1. The molecule has 6 nitrogen and oxygen atoms in total. The summed E-state index contributed by atoms with van der Waals surface area (Å²) in [7, 11) is -3.77. The van der Waals surface area contributed by atoms with Crippen molar-refractivity contribution >= 4 is 27.5 Å². The number of nitriles is 1. The fraction of sp³-hybridized carbons (Fsp3) is 0.286. The number of aromatic nitrogens is 1. The molecule has 0 aliphatic carbocycles. The zero-order valence-electron chi connectivity index (χ0n) is 12.4. The third-order valence-electron chi connectivity index (χ3n) is 3.10. The van der Waals surface area contributed by atoms with Crippen molar-refractivity contribution in [3.63, 3.8) is 0 Å². The summed E-state index contributed by atoms with van der Waals surface area (Å²) in [5.74, 6) is 0.250. The maximum atomic E-state index is 12.5. The highest BCUT2D eigenvalue weighted by molar-refractivity contribution is 8.03. The van der Waals surface area contributed by atoms with E-state index in [0.717, 1.165) is 22.2 Å². The van der Waals surface area contributed by atoms with Gasteiger partial charge in [-0.15, -0.1) is 0 Å². The Morgan fingerprint density at radius 3 is 2.68 bits per heavy atom. The van der Waals surface area contributed by atoms with E-state index in [2.05, 4.69) is 9.88 Å². The lowest BCUT2D eigenvalue weighted by atomic mass is 10.1. The quantitative estimate of drug-likeness (QED) is 0.664. The number of anilines is 1. The molecule has 1 heterocycles. The van der Waals surface area contributed by atoms with E-state index >= 15 is 0 Å². The number of thioether (sulfide) groups is 1. The molecule has 1 aromatic carbocycles. The summed E-state index contributed by atoms with van der Waals surface area (Å²) in [5.41, 5.74) is 1.63. The number of nitrogens with zero attached hydrogens (tertiary/aromatic N) is 2. The summed E-state index contributed by atoms with van der Waals surface area (Å²) in [6.45, 7) is 5.06. The molecule has 2 rings (SSSR count). The third kappa shape index (κ3) is 3.26. The molecule has 0 aliphatic rings. The Labute approximate surface area is 133 Å². The average molecular weight is 337 g/mol. The molecule has 22 heavy (non-hydrogen) atoms. The van der Waals surface area contributed by atoms with Crippen molar-refractivity contribution in [2.24, 2.45) is 0 Å². The van der Waals surface area contributed by atoms with Crippen molar-refractivity contribution < 1.29 is 12.9 Å². The highest BCUT2D eigenvalue weighted by atomic mass is 32.2. The van der Waals surface area contributed by atoms with E-state index in [0.29, 0.717) is 17.8 Å². The molecule has 1 N–H and O–H groups in total. The molecule has 1 aromatic heterocycles. The minimum Gasteiger partial charge on any atom is -0.360 e. The SMILES string of the molecule is CCc1cc(SC#N)ccc1NS(=O)(=O)c1c(C)noc1C. The monoisotopic (exact) mass is 337 g/mol. The molecule has 0 saturated carbocycles. The summed E-state index contributed by atoms with van der Waals surface area (Å²) in [6.07, 6.45) is 0.638. The smallest absolute Gasteiger partial charge is 0.267 e. The van der Waals surface area contributed by atoms with Crippen LogP contribution in [-0.4, -0.2) is 13.6 Å². The van der Waals surface area contributed by atoms with Gasteiger partial charge in [-0.1, -0.05) is 12.1 Å². The summed E-state index contributed by atoms with van der Waals surface area (Å²) in [4.78, 5) is 0.838. The van der Waals surface area contributed by atoms with Gasteiger partial charge in [0, 0.05) is 4.90 Å². The normalized spacial score (nSPS) is 11.2. The number of nitrogens with one attached hydrogen (secondary N) is 1. The van der Waals surface area contributed by atoms with E-state index in [1.54, 1.807) is 32.0 Å². The molecule has 0 aliphatic heterocycles. The van der Waals surface area contributed by atoms with Crippen LogP contribution in [0, 0.1) is 24.5 Å². The Bertz CT molecular complexity index is 816. The number of rotatable bonds is 5. The molecule has 0 amide bonds. The average Bonchev–Trinajstić information content (AvgIpc) is 2.80. The minimum absolute atomic E-state index is 0.0602. The number of aryl methyl sites for hydroxylation is 3. The van der Waals surface area contributed by atoms with Crippen LogP contribution < -0.4 is 4.72 Å². The lowest BCUT2D eigenvalue weighted by Crippen LogP contribution is -2.15. The Morgan fingerprint density at radius 2 is 2.14 bits per heavy atom. The van der Waals surface area contributed by atoms with E-state index in [1.807, 2.05) is 12.3 Å². The van der Waals surface area contributed by atoms with Crippen molar-refractivity contribution in [3.05, 3.63) is 35.2 Å². The Kier molecular flexibility index (Phi) is 4.78. The Hall–Kier alpha value is -1.98. The Morgan fingerprint density at radius 1 is 1.41 bits per heavy atom. The molecule has 116 valence electrons. The molecular weight excluding hydrogens is 322 g/mol. The van der Waals surface area contributed by atoms with Crippen molar-refractivity contribution in [1.29, 1.82) is 5.26 Å². The van der Waals surface area contributed by atoms with Gasteiger partial charge in [-0.05, 0) is 55.8 Å². The molecule has 0 bridgehead atoms. The van der Waals surface area contributed by atoms with Gasteiger partial charge >= 0.3 is 0 Å². The second kappa shape index (κ2) is 6.42. The van der Waals surface area contributed by atoms with Crippen molar-refractivity contribution in [2.75, 3.05) is 4.72 Å². The van der Waals surface area contributed by atoms with E-state index in [9.17, 15) is 8.42 Å². The molecule has 0 fully saturated rings. The van der Waals surface area contributed by atoms with Gasteiger partial charge in [0.05, 0.1) is 5.69 Å². The van der Waals surface area contributed by atoms with E-state index in [-0.39, 0.29) is 10.7 Å². The topological polar surface area (TPSA) is 96.0 Å². The van der Waals surface area contributed by atoms with Gasteiger partial charge in [0.25, 0.3) is 10.0 Å². The van der Waals surface area contributed by atoms with Crippen molar-refractivity contribution in [1.82, 2.24) is 5.16 Å². The van der Waals surface area contributed by atoms with Crippen LogP contribution in [0.5, 0.6) is 0 Å². The largest absolute Gasteiger partial charge is 0.360 e. The van der Waals surface area contributed by atoms with Crippen molar-refractivity contribution in [3.8, 4) is 5.40 Å². The molecule has 0 saturated heterocycles. The third-order valence-corrected chi connectivity index (χ3v) is 5.29. The highest BCUT2D eigenvalue weighted by Gasteiger charge is 2.24. The van der Waals surface area contributed by atoms with Crippen molar-refractivity contribution in [2.45, 2.75) is 37.0 Å². The zero-order chi connectivity index (χ0) is 16.3. The fourth-order valence-electron chi connectivity index (χ4n) is 2.13. The van der Waals surface area contributed by atoms with E-state index in [4.69, 9.17) is 9.78 Å². The van der Waals surface area contributed by atoms with Crippen LogP contribution in [0.1, 0.15) is 23.9 Å². The summed E-state index contributed by atoms with van der Waals surface area (Å²) < 4.78 is 32.5. The molecule has 0 atom stereocenters. The van der Waals surface area contributed by atoms with Gasteiger partial charge in [-0.25, -0.2) is 8.42 Å². The summed E-state index contributed by atoms with van der Waals surface area (Å²) in [6, 6.07) is 5.17. The standard InChI is InChI=1S/C14H15N3O3S2/c1-4-11-7-12(21-8-15)5-6-13(11)17-22(18,19)14-9(2)16-20-10(14)3/h5-7,17H,4H2,1-3H3. The molecular formula is C14H15N3O3S2. The number of benzene rings is 1. The lowest BCUT2D eigenvalue weighted by Gasteiger charge is -2.12. The first-order chi connectivity index (χ1) is 10.4. The molecule has 0 spiro atoms. The highest BCUT2D eigenvalue weighted by Crippen LogP contribution is 2.28. The van der Waals surface area contributed by atoms with E-state index < -0.39 is 10.0 Å². The summed E-state index contributed by atoms with van der Waals surface area (Å²) in [5, 5.41) is 14.4. The van der Waals surface area contributed by atoms with Gasteiger partial charge in [-0.2, -0.15) is 5.26 Å². The molecule has 0 unspecified atom stereocenters. The maximum absolute atomic E-state index is 12.5. The zero-order valence-corrected chi connectivity index (χ0v) is 14.0. The van der Waals surface area contributed by atoms with Crippen LogP contribution in [0.15, 0.2) is 32.5 Å². The number of sulfonamides is 1. The number of thiocyanates is 1. The summed E-state index contributed by atoms with van der Waals surface area (Å²) >= 11 is 1.04. The fourth-order valence-corrected chi connectivity index (χ4v) is 4.01. The van der Waals surface area contributed by atoms with Gasteiger partial charge in [0.2, 0.25) is 0 Å². The van der Waals surface area contributed by atoms with Crippen LogP contribution in [0.4, 0.5) is 5.69 Å². The van der Waals surface area contributed by atoms with Gasteiger partial charge in [0.1, 0.15) is 11.1 Å². The first-order valence-electron chi connectivity index (χ1n) is 6.53. The van der Waals surface area contributed by atoms with Crippen LogP contribution in [0.2, 0.25) is 0 Å². The minimum atomic E-state index is -3.77. The first kappa shape index (κ1) is 16.4. The second-order valence-electron chi connectivity index (χ2n) is 4.62. The Balaban J connectivity index is 2.40. The van der Waals surface area contributed by atoms with Crippen LogP contribution in [0.3, 0.4) is 0 Å². The predicted octanol–water partition coefficient (Wildman–Crippen LogP) is 3.23. The van der Waals surface area contributed by atoms with E-state index in [1.165, 1.54) is 0 Å². The van der Waals surface area contributed by atoms with Crippen LogP contribution in [0.25, 0.3) is 0 Å². The van der Waals surface area contributed by atoms with Gasteiger partial charge in [0.15, 0.2) is 10.7 Å². The van der Waals surface area contributed by atoms with Crippen LogP contribution in [-0.2, 0) is 16.4 Å². The predicted molar refractivity (Wildman–Crippen MR) is 84.1 cm³/mol. The first-order valence-corrected chi connectivity index (χ1v) is 8.83. The maximum Gasteiger partial charge on any atom is 0.267 e. The second-order valence-corrected chi connectivity index (χ2v) is 7.10. The number of hydrogen-bond acceptors (Lipinski definition) is 6. The van der Waals surface area contributed by atoms with Crippen LogP contribution >= 0.6 is 11.8 Å².